The first kappa shape index (κ1) is 13.3. The van der Waals surface area contributed by atoms with Gasteiger partial charge in [-0.15, -0.1) is 0 Å². The number of benzene rings is 1. The second kappa shape index (κ2) is 5.75. The van der Waals surface area contributed by atoms with Crippen LogP contribution >= 0.6 is 0 Å². The van der Waals surface area contributed by atoms with Crippen LogP contribution in [0.2, 0.25) is 0 Å². The summed E-state index contributed by atoms with van der Waals surface area (Å²) in [5.74, 6) is 1.52. The molecule has 1 heterocycles. The van der Waals surface area contributed by atoms with Crippen molar-refractivity contribution in [2.75, 3.05) is 0 Å². The molecule has 0 radical (unpaired) electrons. The quantitative estimate of drug-likeness (QED) is 0.929. The van der Waals surface area contributed by atoms with E-state index in [0.717, 1.165) is 18.4 Å². The lowest BCUT2D eigenvalue weighted by Crippen LogP contribution is -2.20. The van der Waals surface area contributed by atoms with Gasteiger partial charge in [0.15, 0.2) is 0 Å². The van der Waals surface area contributed by atoms with Crippen LogP contribution in [0.5, 0.6) is 0 Å². The Labute approximate surface area is 118 Å². The lowest BCUT2D eigenvalue weighted by molar-refractivity contribution is 0.102. The van der Waals surface area contributed by atoms with Gasteiger partial charge < -0.3 is 9.63 Å². The third kappa shape index (κ3) is 2.90. The average Bonchev–Trinajstić information content (AvgIpc) is 3.10. The lowest BCUT2D eigenvalue weighted by Gasteiger charge is -2.14. The van der Waals surface area contributed by atoms with Gasteiger partial charge in [-0.1, -0.05) is 41.8 Å². The van der Waals surface area contributed by atoms with Crippen molar-refractivity contribution in [2.24, 2.45) is 5.92 Å². The van der Waals surface area contributed by atoms with Crippen LogP contribution < -0.4 is 0 Å². The number of aryl methyl sites for hydroxylation is 1. The van der Waals surface area contributed by atoms with E-state index in [4.69, 9.17) is 4.52 Å². The van der Waals surface area contributed by atoms with E-state index in [1.54, 1.807) is 0 Å². The van der Waals surface area contributed by atoms with Gasteiger partial charge >= 0.3 is 0 Å². The largest absolute Gasteiger partial charge is 0.392 e. The van der Waals surface area contributed by atoms with Crippen LogP contribution in [0.3, 0.4) is 0 Å². The van der Waals surface area contributed by atoms with Gasteiger partial charge in [0.2, 0.25) is 11.7 Å². The van der Waals surface area contributed by atoms with Gasteiger partial charge in [0.1, 0.15) is 0 Å². The fourth-order valence-electron chi connectivity index (χ4n) is 2.93. The Morgan fingerprint density at radius 3 is 2.90 bits per heavy atom. The summed E-state index contributed by atoms with van der Waals surface area (Å²) in [6.45, 7) is 2.04. The van der Waals surface area contributed by atoms with Crippen molar-refractivity contribution in [3.63, 3.8) is 0 Å². The van der Waals surface area contributed by atoms with Crippen LogP contribution in [0.4, 0.5) is 0 Å². The molecule has 0 aliphatic heterocycles. The summed E-state index contributed by atoms with van der Waals surface area (Å²) < 4.78 is 5.27. The number of aliphatic hydroxyl groups excluding tert-OH is 1. The van der Waals surface area contributed by atoms with E-state index in [9.17, 15) is 5.11 Å². The molecule has 4 heteroatoms. The second-order valence-corrected chi connectivity index (χ2v) is 5.70. The number of rotatable bonds is 4. The van der Waals surface area contributed by atoms with Crippen LogP contribution in [0.25, 0.3) is 11.4 Å². The molecular weight excluding hydrogens is 252 g/mol. The molecular formula is C16H20N2O2. The molecule has 1 unspecified atom stereocenters. The summed E-state index contributed by atoms with van der Waals surface area (Å²) in [6.07, 6.45) is 4.77. The van der Waals surface area contributed by atoms with E-state index >= 15 is 0 Å². The molecule has 1 fully saturated rings. The number of aliphatic hydroxyl groups is 1. The monoisotopic (exact) mass is 272 g/mol. The predicted octanol–water partition coefficient (Wildman–Crippen LogP) is 3.14. The maximum atomic E-state index is 10.2. The fraction of sp³-hybridized carbons (Fsp3) is 0.500. The van der Waals surface area contributed by atoms with E-state index in [1.165, 1.54) is 18.4 Å². The molecule has 1 aliphatic rings. The van der Waals surface area contributed by atoms with Crippen LogP contribution in [0, 0.1) is 12.8 Å². The lowest BCUT2D eigenvalue weighted by atomic mass is 9.98. The number of hydrogen-bond donors (Lipinski definition) is 1. The SMILES string of the molecule is Cc1cccc(-c2noc(CC(O)C3CCCC3)n2)c1. The highest BCUT2D eigenvalue weighted by Crippen LogP contribution is 2.29. The minimum atomic E-state index is -0.358. The van der Waals surface area contributed by atoms with Gasteiger partial charge in [0.05, 0.1) is 12.5 Å². The summed E-state index contributed by atoms with van der Waals surface area (Å²) in [4.78, 5) is 4.40. The minimum absolute atomic E-state index is 0.358. The molecule has 1 N–H and O–H groups in total. The maximum Gasteiger partial charge on any atom is 0.229 e. The average molecular weight is 272 g/mol. The first-order valence-corrected chi connectivity index (χ1v) is 7.30. The molecule has 1 aromatic carbocycles. The fourth-order valence-corrected chi connectivity index (χ4v) is 2.93. The van der Waals surface area contributed by atoms with E-state index < -0.39 is 0 Å². The summed E-state index contributed by atoms with van der Waals surface area (Å²) in [5, 5.41) is 14.2. The highest BCUT2D eigenvalue weighted by molar-refractivity contribution is 5.55. The second-order valence-electron chi connectivity index (χ2n) is 5.70. The van der Waals surface area contributed by atoms with Gasteiger partial charge in [-0.3, -0.25) is 0 Å². The van der Waals surface area contributed by atoms with Crippen molar-refractivity contribution in [1.82, 2.24) is 10.1 Å². The third-order valence-electron chi connectivity index (χ3n) is 4.07. The molecule has 20 heavy (non-hydrogen) atoms. The van der Waals surface area contributed by atoms with Crippen LogP contribution in [0.1, 0.15) is 37.1 Å². The minimum Gasteiger partial charge on any atom is -0.392 e. The van der Waals surface area contributed by atoms with Crippen molar-refractivity contribution in [2.45, 2.75) is 45.1 Å². The highest BCUT2D eigenvalue weighted by atomic mass is 16.5. The normalized spacial score (nSPS) is 17.5. The zero-order valence-electron chi connectivity index (χ0n) is 11.7. The van der Waals surface area contributed by atoms with E-state index in [1.807, 2.05) is 31.2 Å². The number of nitrogens with zero attached hydrogens (tertiary/aromatic N) is 2. The smallest absolute Gasteiger partial charge is 0.229 e. The van der Waals surface area contributed by atoms with Crippen LogP contribution in [-0.4, -0.2) is 21.4 Å². The molecule has 106 valence electrons. The Balaban J connectivity index is 1.70. The summed E-state index contributed by atoms with van der Waals surface area (Å²) in [7, 11) is 0. The first-order valence-electron chi connectivity index (χ1n) is 7.30. The van der Waals surface area contributed by atoms with E-state index in [2.05, 4.69) is 10.1 Å². The Morgan fingerprint density at radius 1 is 1.35 bits per heavy atom. The van der Waals surface area contributed by atoms with Crippen LogP contribution in [0.15, 0.2) is 28.8 Å². The Kier molecular flexibility index (Phi) is 3.83. The van der Waals surface area contributed by atoms with Gasteiger partial charge in [-0.25, -0.2) is 0 Å². The topological polar surface area (TPSA) is 59.2 Å². The van der Waals surface area contributed by atoms with Crippen molar-refractivity contribution >= 4 is 0 Å². The molecule has 1 saturated carbocycles. The standard InChI is InChI=1S/C16H20N2O2/c1-11-5-4-8-13(9-11)16-17-15(20-18-16)10-14(19)12-6-2-3-7-12/h4-5,8-9,12,14,19H,2-3,6-7,10H2,1H3. The molecule has 0 saturated heterocycles. The molecule has 1 atom stereocenters. The van der Waals surface area contributed by atoms with E-state index in [-0.39, 0.29) is 6.10 Å². The Morgan fingerprint density at radius 2 is 2.15 bits per heavy atom. The van der Waals surface area contributed by atoms with Crippen molar-refractivity contribution < 1.29 is 9.63 Å². The summed E-state index contributed by atoms with van der Waals surface area (Å²) in [5.41, 5.74) is 2.12. The van der Waals surface area contributed by atoms with Gasteiger partial charge in [-0.2, -0.15) is 4.98 Å². The first-order chi connectivity index (χ1) is 9.72. The zero-order chi connectivity index (χ0) is 13.9. The van der Waals surface area contributed by atoms with Gasteiger partial charge in [0, 0.05) is 5.56 Å². The summed E-state index contributed by atoms with van der Waals surface area (Å²) in [6, 6.07) is 8.01. The van der Waals surface area contributed by atoms with Crippen molar-refractivity contribution in [3.8, 4) is 11.4 Å². The predicted molar refractivity (Wildman–Crippen MR) is 76.1 cm³/mol. The molecule has 4 nitrogen and oxygen atoms in total. The zero-order valence-corrected chi connectivity index (χ0v) is 11.7. The number of aromatic nitrogens is 2. The molecule has 3 rings (SSSR count). The molecule has 0 spiro atoms. The van der Waals surface area contributed by atoms with Gasteiger partial charge in [0.25, 0.3) is 0 Å². The molecule has 1 aliphatic carbocycles. The molecule has 2 aromatic rings. The Bertz CT molecular complexity index is 573. The Hall–Kier alpha value is -1.68. The van der Waals surface area contributed by atoms with Crippen molar-refractivity contribution in [1.29, 1.82) is 0 Å². The van der Waals surface area contributed by atoms with E-state index in [0.29, 0.717) is 24.1 Å². The van der Waals surface area contributed by atoms with Gasteiger partial charge in [-0.05, 0) is 31.7 Å². The molecule has 1 aromatic heterocycles. The molecule has 0 bridgehead atoms. The highest BCUT2D eigenvalue weighted by Gasteiger charge is 2.25. The van der Waals surface area contributed by atoms with Crippen molar-refractivity contribution in [3.05, 3.63) is 35.7 Å². The maximum absolute atomic E-state index is 10.2. The third-order valence-corrected chi connectivity index (χ3v) is 4.07. The van der Waals surface area contributed by atoms with Crippen LogP contribution in [-0.2, 0) is 6.42 Å². The number of hydrogen-bond acceptors (Lipinski definition) is 4. The molecule has 0 amide bonds. The summed E-state index contributed by atoms with van der Waals surface area (Å²) >= 11 is 0.